The van der Waals surface area contributed by atoms with Gasteiger partial charge >= 0.3 is 0 Å². The van der Waals surface area contributed by atoms with Gasteiger partial charge in [-0.3, -0.25) is 0 Å². The topological polar surface area (TPSA) is 77.3 Å². The van der Waals surface area contributed by atoms with Gasteiger partial charge in [-0.25, -0.2) is 29.9 Å². The summed E-state index contributed by atoms with van der Waals surface area (Å²) < 4.78 is 2.48. The monoisotopic (exact) mass is 826 g/mol. The summed E-state index contributed by atoms with van der Waals surface area (Å²) in [4.78, 5) is 30.0. The lowest BCUT2D eigenvalue weighted by Gasteiger charge is -2.11. The summed E-state index contributed by atoms with van der Waals surface area (Å²) in [6.07, 6.45) is 0. The van der Waals surface area contributed by atoms with Crippen molar-refractivity contribution in [3.63, 3.8) is 0 Å². The molecule has 298 valence electrons. The van der Waals surface area contributed by atoms with E-state index in [1.54, 1.807) is 0 Å². The SMILES string of the molecule is Cc1ccccc1-c1nc(-c2ccccc2)nc(-c2cccc(-c3ccc4sc5ccc(-c6cccc(-c7nc(-c8ccccc8)nc(-c8ccccc8C)n7)c6)cc5c4c3)c2)n1. The van der Waals surface area contributed by atoms with Gasteiger partial charge in [-0.05, 0) is 83.6 Å². The van der Waals surface area contributed by atoms with Crippen molar-refractivity contribution < 1.29 is 0 Å². The third kappa shape index (κ3) is 7.45. The summed E-state index contributed by atoms with van der Waals surface area (Å²) in [5, 5.41) is 2.44. The molecule has 6 nitrogen and oxygen atoms in total. The highest BCUT2D eigenvalue weighted by atomic mass is 32.1. The molecule has 0 aliphatic rings. The van der Waals surface area contributed by atoms with E-state index in [-0.39, 0.29) is 0 Å². The number of rotatable bonds is 8. The lowest BCUT2D eigenvalue weighted by molar-refractivity contribution is 1.07. The van der Waals surface area contributed by atoms with Gasteiger partial charge in [-0.1, -0.05) is 158 Å². The van der Waals surface area contributed by atoms with Gasteiger partial charge in [0.2, 0.25) is 0 Å². The van der Waals surface area contributed by atoms with E-state index in [0.717, 1.165) is 66.8 Å². The molecule has 0 radical (unpaired) electrons. The summed E-state index contributed by atoms with van der Waals surface area (Å²) in [7, 11) is 0. The Labute approximate surface area is 369 Å². The van der Waals surface area contributed by atoms with Gasteiger partial charge in [0, 0.05) is 53.6 Å². The van der Waals surface area contributed by atoms with Crippen molar-refractivity contribution in [1.82, 2.24) is 29.9 Å². The number of hydrogen-bond acceptors (Lipinski definition) is 7. The van der Waals surface area contributed by atoms with Crippen molar-refractivity contribution in [3.8, 4) is 90.6 Å². The molecular weight excluding hydrogens is 789 g/mol. The fourth-order valence-electron chi connectivity index (χ4n) is 8.14. The maximum Gasteiger partial charge on any atom is 0.164 e. The Morgan fingerprint density at radius 2 is 0.603 bits per heavy atom. The highest BCUT2D eigenvalue weighted by Crippen LogP contribution is 2.40. The van der Waals surface area contributed by atoms with Crippen LogP contribution in [0.1, 0.15) is 11.1 Å². The van der Waals surface area contributed by atoms with Crippen LogP contribution < -0.4 is 0 Å². The number of thiophene rings is 1. The minimum absolute atomic E-state index is 0.637. The van der Waals surface area contributed by atoms with Crippen molar-refractivity contribution in [2.45, 2.75) is 13.8 Å². The van der Waals surface area contributed by atoms with E-state index in [1.165, 1.54) is 20.2 Å². The van der Waals surface area contributed by atoms with Gasteiger partial charge in [0.1, 0.15) is 0 Å². The van der Waals surface area contributed by atoms with Crippen LogP contribution in [0.15, 0.2) is 194 Å². The van der Waals surface area contributed by atoms with E-state index in [2.05, 4.69) is 123 Å². The number of aryl methyl sites for hydroxylation is 2. The van der Waals surface area contributed by atoms with Crippen LogP contribution in [0.4, 0.5) is 0 Å². The number of hydrogen-bond donors (Lipinski definition) is 0. The maximum absolute atomic E-state index is 5.05. The number of benzene rings is 8. The fraction of sp³-hybridized carbons (Fsp3) is 0.0357. The summed E-state index contributed by atoms with van der Waals surface area (Å²) in [6, 6.07) is 67.3. The zero-order chi connectivity index (χ0) is 42.3. The number of fused-ring (bicyclic) bond motifs is 3. The molecule has 11 aromatic rings. The molecule has 63 heavy (non-hydrogen) atoms. The van der Waals surface area contributed by atoms with E-state index >= 15 is 0 Å². The van der Waals surface area contributed by atoms with E-state index in [1.807, 2.05) is 96.3 Å². The predicted molar refractivity (Wildman–Crippen MR) is 259 cm³/mol. The van der Waals surface area contributed by atoms with Crippen LogP contribution >= 0.6 is 11.3 Å². The van der Waals surface area contributed by atoms with Crippen LogP contribution in [0.2, 0.25) is 0 Å². The van der Waals surface area contributed by atoms with E-state index < -0.39 is 0 Å². The second-order valence-electron chi connectivity index (χ2n) is 15.7. The minimum atomic E-state index is 0.637. The minimum Gasteiger partial charge on any atom is -0.208 e. The molecule has 0 atom stereocenters. The molecule has 0 bridgehead atoms. The van der Waals surface area contributed by atoms with E-state index in [0.29, 0.717) is 34.9 Å². The zero-order valence-corrected chi connectivity index (χ0v) is 35.4. The van der Waals surface area contributed by atoms with Crippen LogP contribution in [0.3, 0.4) is 0 Å². The summed E-state index contributed by atoms with van der Waals surface area (Å²) in [5.74, 6) is 3.89. The van der Waals surface area contributed by atoms with Gasteiger partial charge in [0.25, 0.3) is 0 Å². The first kappa shape index (κ1) is 38.0. The van der Waals surface area contributed by atoms with Crippen LogP contribution in [-0.4, -0.2) is 29.9 Å². The molecule has 0 spiro atoms. The quantitative estimate of drug-likeness (QED) is 0.152. The molecule has 0 aliphatic carbocycles. The molecular formula is C56H38N6S. The molecule has 0 fully saturated rings. The van der Waals surface area contributed by atoms with E-state index in [4.69, 9.17) is 29.9 Å². The average Bonchev–Trinajstić information content (AvgIpc) is 3.72. The van der Waals surface area contributed by atoms with E-state index in [9.17, 15) is 0 Å². The molecule has 3 aromatic heterocycles. The predicted octanol–water partition coefficient (Wildman–Crippen LogP) is 14.4. The molecule has 7 heteroatoms. The summed E-state index contributed by atoms with van der Waals surface area (Å²) >= 11 is 1.82. The molecule has 0 N–H and O–H groups in total. The van der Waals surface area contributed by atoms with Crippen molar-refractivity contribution in [2.75, 3.05) is 0 Å². The van der Waals surface area contributed by atoms with Gasteiger partial charge in [-0.15, -0.1) is 11.3 Å². The third-order valence-electron chi connectivity index (χ3n) is 11.5. The Morgan fingerprint density at radius 1 is 0.270 bits per heavy atom. The Hall–Kier alpha value is -8.00. The van der Waals surface area contributed by atoms with Crippen LogP contribution in [0.25, 0.3) is 111 Å². The molecule has 0 unspecified atom stereocenters. The van der Waals surface area contributed by atoms with Crippen molar-refractivity contribution in [2.24, 2.45) is 0 Å². The Bertz CT molecular complexity index is 3260. The largest absolute Gasteiger partial charge is 0.208 e. The first-order chi connectivity index (χ1) is 31.0. The van der Waals surface area contributed by atoms with Crippen LogP contribution in [0, 0.1) is 13.8 Å². The molecule has 3 heterocycles. The molecule has 0 saturated carbocycles. The van der Waals surface area contributed by atoms with Crippen molar-refractivity contribution >= 4 is 31.5 Å². The molecule has 11 rings (SSSR count). The fourth-order valence-corrected chi connectivity index (χ4v) is 9.21. The van der Waals surface area contributed by atoms with Gasteiger partial charge in [0.15, 0.2) is 34.9 Å². The van der Waals surface area contributed by atoms with Crippen molar-refractivity contribution in [3.05, 3.63) is 205 Å². The van der Waals surface area contributed by atoms with Gasteiger partial charge < -0.3 is 0 Å². The number of aromatic nitrogens is 6. The first-order valence-electron chi connectivity index (χ1n) is 20.9. The molecule has 0 aliphatic heterocycles. The Kier molecular flexibility index (Phi) is 9.71. The summed E-state index contributed by atoms with van der Waals surface area (Å²) in [6.45, 7) is 4.18. The Balaban J connectivity index is 0.967. The molecule has 0 amide bonds. The number of nitrogens with zero attached hydrogens (tertiary/aromatic N) is 6. The molecule has 8 aromatic carbocycles. The standard InChI is InChI=1S/C56H38N6S/c1-35-15-9-11-25-45(35)55-59-51(37-17-5-3-6-18-37)57-53(61-55)43-23-13-21-39(31-43)41-27-29-49-47(33-41)48-34-42(28-30-50(48)63-49)40-22-14-24-44(32-40)54-58-52(38-19-7-4-8-20-38)60-56(62-54)46-26-12-10-16-36(46)2/h3-34H,1-2H3. The summed E-state index contributed by atoms with van der Waals surface area (Å²) in [5.41, 5.74) is 12.4. The normalized spacial score (nSPS) is 11.3. The lowest BCUT2D eigenvalue weighted by atomic mass is 9.98. The van der Waals surface area contributed by atoms with Crippen LogP contribution in [0.5, 0.6) is 0 Å². The average molecular weight is 827 g/mol. The second-order valence-corrected chi connectivity index (χ2v) is 16.7. The van der Waals surface area contributed by atoms with Gasteiger partial charge in [0.05, 0.1) is 0 Å². The second kappa shape index (κ2) is 16.1. The highest BCUT2D eigenvalue weighted by Gasteiger charge is 2.17. The highest BCUT2D eigenvalue weighted by molar-refractivity contribution is 7.25. The van der Waals surface area contributed by atoms with Crippen molar-refractivity contribution in [1.29, 1.82) is 0 Å². The third-order valence-corrected chi connectivity index (χ3v) is 12.6. The van der Waals surface area contributed by atoms with Gasteiger partial charge in [-0.2, -0.15) is 0 Å². The zero-order valence-electron chi connectivity index (χ0n) is 34.6. The first-order valence-corrected chi connectivity index (χ1v) is 21.8. The smallest absolute Gasteiger partial charge is 0.164 e. The molecule has 0 saturated heterocycles. The Morgan fingerprint density at radius 3 is 1.03 bits per heavy atom. The lowest BCUT2D eigenvalue weighted by Crippen LogP contribution is -2.01. The maximum atomic E-state index is 5.05. The van der Waals surface area contributed by atoms with Crippen LogP contribution in [-0.2, 0) is 0 Å².